The van der Waals surface area contributed by atoms with Gasteiger partial charge in [-0.15, -0.1) is 0 Å². The van der Waals surface area contributed by atoms with Crippen molar-refractivity contribution in [1.82, 2.24) is 4.90 Å². The topological polar surface area (TPSA) is 40.6 Å². The molecule has 0 unspecified atom stereocenters. The Bertz CT molecular complexity index is 572. The first-order valence-corrected chi connectivity index (χ1v) is 8.38. The smallest absolute Gasteiger partial charge is 0.299 e. The molecule has 1 fully saturated rings. The van der Waals surface area contributed by atoms with E-state index >= 15 is 0 Å². The van der Waals surface area contributed by atoms with Gasteiger partial charge in [-0.25, -0.2) is 0 Å². The minimum atomic E-state index is -0.349. The van der Waals surface area contributed by atoms with Crippen molar-refractivity contribution < 1.29 is 9.59 Å². The highest BCUT2D eigenvalue weighted by Crippen LogP contribution is 2.33. The lowest BCUT2D eigenvalue weighted by Gasteiger charge is -2.40. The van der Waals surface area contributed by atoms with Crippen molar-refractivity contribution in [1.29, 1.82) is 0 Å². The van der Waals surface area contributed by atoms with Crippen molar-refractivity contribution in [3.8, 4) is 0 Å². The third-order valence-corrected chi connectivity index (χ3v) is 5.14. The van der Waals surface area contributed by atoms with Gasteiger partial charge in [-0.05, 0) is 37.8 Å². The highest BCUT2D eigenvalue weighted by atomic mass is 16.2. The molecule has 1 amide bonds. The van der Waals surface area contributed by atoms with Crippen LogP contribution in [-0.2, 0) is 4.79 Å². The van der Waals surface area contributed by atoms with Gasteiger partial charge in [0.2, 0.25) is 0 Å². The molecular weight excluding hydrogens is 276 g/mol. The van der Waals surface area contributed by atoms with E-state index in [9.17, 15) is 9.59 Å². The number of anilines is 1. The second-order valence-electron chi connectivity index (χ2n) is 6.26. The molecule has 0 aliphatic carbocycles. The number of fused-ring (bicyclic) bond motifs is 1. The van der Waals surface area contributed by atoms with Gasteiger partial charge in [0.1, 0.15) is 0 Å². The van der Waals surface area contributed by atoms with Crippen LogP contribution in [0.25, 0.3) is 0 Å². The number of ketones is 1. The fraction of sp³-hybridized carbons (Fsp3) is 0.556. The fourth-order valence-electron chi connectivity index (χ4n) is 3.89. The average Bonchev–Trinajstić information content (AvgIpc) is 2.81. The summed E-state index contributed by atoms with van der Waals surface area (Å²) in [5.74, 6) is -0.694. The lowest BCUT2D eigenvalue weighted by molar-refractivity contribution is -0.114. The van der Waals surface area contributed by atoms with Gasteiger partial charge in [0.25, 0.3) is 11.7 Å². The number of nitrogens with zero attached hydrogens (tertiary/aromatic N) is 2. The van der Waals surface area contributed by atoms with E-state index in [1.807, 2.05) is 18.2 Å². The second-order valence-corrected chi connectivity index (χ2v) is 6.26. The van der Waals surface area contributed by atoms with Gasteiger partial charge in [-0.3, -0.25) is 9.59 Å². The van der Waals surface area contributed by atoms with Crippen LogP contribution in [0, 0.1) is 0 Å². The zero-order chi connectivity index (χ0) is 15.7. The van der Waals surface area contributed by atoms with Crippen LogP contribution in [0.2, 0.25) is 0 Å². The summed E-state index contributed by atoms with van der Waals surface area (Å²) in [6.45, 7) is 6.49. The van der Waals surface area contributed by atoms with Gasteiger partial charge < -0.3 is 9.80 Å². The summed E-state index contributed by atoms with van der Waals surface area (Å²) in [5.41, 5.74) is 1.37. The number of benzene rings is 1. The third kappa shape index (κ3) is 2.45. The average molecular weight is 300 g/mol. The zero-order valence-corrected chi connectivity index (χ0v) is 13.4. The summed E-state index contributed by atoms with van der Waals surface area (Å²) in [6, 6.07) is 8.18. The Hall–Kier alpha value is -1.68. The third-order valence-electron chi connectivity index (χ3n) is 5.14. The molecular formula is C18H24N2O2. The molecule has 0 radical (unpaired) electrons. The number of hydrogen-bond donors (Lipinski definition) is 0. The molecule has 1 saturated heterocycles. The van der Waals surface area contributed by atoms with Crippen LogP contribution < -0.4 is 4.90 Å². The number of carbonyl (C=O) groups is 2. The summed E-state index contributed by atoms with van der Waals surface area (Å²) in [5, 5.41) is 0. The van der Waals surface area contributed by atoms with E-state index in [0.717, 1.165) is 31.6 Å². The molecule has 2 heterocycles. The van der Waals surface area contributed by atoms with E-state index in [4.69, 9.17) is 0 Å². The Morgan fingerprint density at radius 2 is 1.73 bits per heavy atom. The van der Waals surface area contributed by atoms with Crippen LogP contribution in [-0.4, -0.2) is 41.8 Å². The van der Waals surface area contributed by atoms with Gasteiger partial charge in [0.05, 0.1) is 11.3 Å². The van der Waals surface area contributed by atoms with Crippen LogP contribution >= 0.6 is 0 Å². The molecule has 4 nitrogen and oxygen atoms in total. The van der Waals surface area contributed by atoms with Crippen LogP contribution in [0.1, 0.15) is 49.9 Å². The van der Waals surface area contributed by atoms with E-state index < -0.39 is 0 Å². The zero-order valence-electron chi connectivity index (χ0n) is 13.4. The summed E-state index contributed by atoms with van der Waals surface area (Å²) >= 11 is 0. The second kappa shape index (κ2) is 6.21. The van der Waals surface area contributed by atoms with Crippen molar-refractivity contribution >= 4 is 17.4 Å². The van der Waals surface area contributed by atoms with Crippen LogP contribution in [0.3, 0.4) is 0 Å². The van der Waals surface area contributed by atoms with Gasteiger partial charge in [-0.2, -0.15) is 0 Å². The number of Topliss-reactive ketones (excluding diaryl/α,β-unsaturated/α-hetero) is 1. The molecule has 0 bridgehead atoms. The summed E-state index contributed by atoms with van der Waals surface area (Å²) < 4.78 is 0. The molecule has 0 N–H and O–H groups in total. The molecule has 2 aliphatic heterocycles. The van der Waals surface area contributed by atoms with Crippen molar-refractivity contribution in [2.24, 2.45) is 0 Å². The van der Waals surface area contributed by atoms with Gasteiger partial charge in [0.15, 0.2) is 0 Å². The number of carbonyl (C=O) groups excluding carboxylic acids is 2. The molecule has 3 rings (SSSR count). The molecule has 0 aromatic heterocycles. The molecule has 1 aromatic rings. The Morgan fingerprint density at radius 3 is 2.36 bits per heavy atom. The first-order valence-electron chi connectivity index (χ1n) is 8.38. The maximum absolute atomic E-state index is 12.4. The summed E-state index contributed by atoms with van der Waals surface area (Å²) in [6.07, 6.45) is 4.24. The minimum absolute atomic E-state index is 0.158. The normalized spacial score (nSPS) is 20.0. The number of likely N-dealkylation sites (tertiary alicyclic amines) is 1. The maximum Gasteiger partial charge on any atom is 0.299 e. The predicted octanol–water partition coefficient (Wildman–Crippen LogP) is 2.87. The van der Waals surface area contributed by atoms with Crippen LogP contribution in [0.5, 0.6) is 0 Å². The Morgan fingerprint density at radius 1 is 1.09 bits per heavy atom. The van der Waals surface area contributed by atoms with Crippen molar-refractivity contribution in [3.63, 3.8) is 0 Å². The quantitative estimate of drug-likeness (QED) is 0.803. The van der Waals surface area contributed by atoms with E-state index in [1.165, 1.54) is 12.8 Å². The number of rotatable bonds is 4. The highest BCUT2D eigenvalue weighted by Gasteiger charge is 2.40. The van der Waals surface area contributed by atoms with Crippen LogP contribution in [0.4, 0.5) is 5.69 Å². The van der Waals surface area contributed by atoms with Gasteiger partial charge in [-0.1, -0.05) is 26.0 Å². The number of piperidine rings is 1. The molecule has 4 heteroatoms. The van der Waals surface area contributed by atoms with E-state index in [0.29, 0.717) is 11.6 Å². The summed E-state index contributed by atoms with van der Waals surface area (Å²) in [7, 11) is 0. The predicted molar refractivity (Wildman–Crippen MR) is 87.2 cm³/mol. The minimum Gasteiger partial charge on any atom is -0.302 e. The monoisotopic (exact) mass is 300 g/mol. The molecule has 1 aromatic carbocycles. The summed E-state index contributed by atoms with van der Waals surface area (Å²) in [4.78, 5) is 28.7. The lowest BCUT2D eigenvalue weighted by atomic mass is 9.99. The number of para-hydroxylation sites is 1. The Kier molecular flexibility index (Phi) is 4.30. The highest BCUT2D eigenvalue weighted by molar-refractivity contribution is 6.52. The molecule has 2 aliphatic rings. The standard InChI is InChI=1S/C18H24N2O2/c1-3-13(4-2)19-11-9-14(10-12-19)20-16-8-6-5-7-15(16)17(21)18(20)22/h5-8,13-14H,3-4,9-12H2,1-2H3. The first-order chi connectivity index (χ1) is 10.7. The first kappa shape index (κ1) is 15.2. The number of amides is 1. The fourth-order valence-corrected chi connectivity index (χ4v) is 3.89. The van der Waals surface area contributed by atoms with Crippen molar-refractivity contribution in [3.05, 3.63) is 29.8 Å². The van der Waals surface area contributed by atoms with E-state index in [1.54, 1.807) is 11.0 Å². The van der Waals surface area contributed by atoms with Crippen molar-refractivity contribution in [2.45, 2.75) is 51.6 Å². The van der Waals surface area contributed by atoms with Crippen molar-refractivity contribution in [2.75, 3.05) is 18.0 Å². The van der Waals surface area contributed by atoms with E-state index in [2.05, 4.69) is 18.7 Å². The molecule has 0 atom stereocenters. The van der Waals surface area contributed by atoms with E-state index in [-0.39, 0.29) is 17.7 Å². The Labute approximate surface area is 132 Å². The molecule has 22 heavy (non-hydrogen) atoms. The largest absolute Gasteiger partial charge is 0.302 e. The number of hydrogen-bond acceptors (Lipinski definition) is 3. The van der Waals surface area contributed by atoms with Gasteiger partial charge in [0, 0.05) is 25.2 Å². The molecule has 118 valence electrons. The molecule has 0 saturated carbocycles. The Balaban J connectivity index is 1.74. The van der Waals surface area contributed by atoms with Gasteiger partial charge >= 0.3 is 0 Å². The lowest BCUT2D eigenvalue weighted by Crippen LogP contribution is -2.49. The maximum atomic E-state index is 12.4. The molecule has 0 spiro atoms. The SMILES string of the molecule is CCC(CC)N1CCC(N2C(=O)C(=O)c3ccccc32)CC1. The van der Waals surface area contributed by atoms with Crippen LogP contribution in [0.15, 0.2) is 24.3 Å².